The van der Waals surface area contributed by atoms with Crippen LogP contribution in [-0.4, -0.2) is 18.7 Å². The van der Waals surface area contributed by atoms with E-state index in [2.05, 4.69) is 16.2 Å². The Hall–Kier alpha value is -3.22. The van der Waals surface area contributed by atoms with E-state index < -0.39 is 6.03 Å². The first-order valence-corrected chi connectivity index (χ1v) is 8.43. The lowest BCUT2D eigenvalue weighted by Gasteiger charge is -2.09. The molecule has 3 N–H and O–H groups in total. The Kier molecular flexibility index (Phi) is 4.12. The summed E-state index contributed by atoms with van der Waals surface area (Å²) in [5.41, 5.74) is 7.74. The van der Waals surface area contributed by atoms with Crippen molar-refractivity contribution in [3.05, 3.63) is 53.6 Å². The fraction of sp³-hybridized carbons (Fsp3) is 0.263. The predicted molar refractivity (Wildman–Crippen MR) is 94.9 cm³/mol. The molecule has 0 saturated heterocycles. The number of carbonyl (C=O) groups is 2. The normalized spacial score (nSPS) is 19.6. The first-order chi connectivity index (χ1) is 12.6. The van der Waals surface area contributed by atoms with Crippen LogP contribution in [0.1, 0.15) is 23.5 Å². The van der Waals surface area contributed by atoms with Crippen molar-refractivity contribution in [2.75, 3.05) is 12.1 Å². The van der Waals surface area contributed by atoms with Gasteiger partial charge in [-0.05, 0) is 37.0 Å². The summed E-state index contributed by atoms with van der Waals surface area (Å²) >= 11 is 0. The number of amides is 3. The number of fused-ring (bicyclic) bond motifs is 1. The van der Waals surface area contributed by atoms with E-state index in [1.165, 1.54) is 5.56 Å². The summed E-state index contributed by atoms with van der Waals surface area (Å²) in [7, 11) is 0. The van der Waals surface area contributed by atoms with E-state index in [1.807, 2.05) is 31.2 Å². The third kappa shape index (κ3) is 3.42. The third-order valence-electron chi connectivity index (χ3n) is 4.56. The van der Waals surface area contributed by atoms with Crippen LogP contribution in [0.15, 0.2) is 42.5 Å². The molecule has 7 heteroatoms. The number of aryl methyl sites for hydroxylation is 1. The van der Waals surface area contributed by atoms with Gasteiger partial charge in [-0.25, -0.2) is 10.2 Å². The lowest BCUT2D eigenvalue weighted by Crippen LogP contribution is -2.44. The van der Waals surface area contributed by atoms with Crippen LogP contribution in [0.5, 0.6) is 11.5 Å². The molecule has 7 nitrogen and oxygen atoms in total. The van der Waals surface area contributed by atoms with Crippen molar-refractivity contribution in [3.63, 3.8) is 0 Å². The maximum absolute atomic E-state index is 12.2. The summed E-state index contributed by atoms with van der Waals surface area (Å²) in [4.78, 5) is 24.1. The largest absolute Gasteiger partial charge is 0.454 e. The number of nitrogens with one attached hydrogen (secondary N) is 3. The Labute approximate surface area is 150 Å². The standard InChI is InChI=1S/C19H19N3O4/c1-11-2-4-12(5-3-11)14-9-15(14)18(23)21-22-19(24)20-13-6-7-16-17(8-13)26-10-25-16/h2-8,14-15H,9-10H2,1H3,(H,21,23)(H2,20,22,24)/t14-,15-/m0/s1. The molecule has 2 atom stereocenters. The minimum absolute atomic E-state index is 0.108. The lowest BCUT2D eigenvalue weighted by atomic mass is 10.1. The molecule has 0 aromatic heterocycles. The van der Waals surface area contributed by atoms with Gasteiger partial charge in [0, 0.05) is 17.7 Å². The van der Waals surface area contributed by atoms with Crippen molar-refractivity contribution < 1.29 is 19.1 Å². The number of urea groups is 1. The molecule has 2 aromatic carbocycles. The fourth-order valence-corrected chi connectivity index (χ4v) is 3.01. The van der Waals surface area contributed by atoms with Crippen LogP contribution in [0.2, 0.25) is 0 Å². The highest BCUT2D eigenvalue weighted by molar-refractivity contribution is 5.92. The molecular weight excluding hydrogens is 334 g/mol. The second-order valence-electron chi connectivity index (χ2n) is 6.50. The Morgan fingerprint density at radius 1 is 1.00 bits per heavy atom. The fourth-order valence-electron chi connectivity index (χ4n) is 3.01. The smallest absolute Gasteiger partial charge is 0.337 e. The first kappa shape index (κ1) is 16.3. The van der Waals surface area contributed by atoms with Gasteiger partial charge >= 0.3 is 6.03 Å². The Morgan fingerprint density at radius 2 is 1.77 bits per heavy atom. The molecule has 1 heterocycles. The second-order valence-corrected chi connectivity index (χ2v) is 6.50. The van der Waals surface area contributed by atoms with E-state index in [0.717, 1.165) is 12.0 Å². The van der Waals surface area contributed by atoms with Gasteiger partial charge in [-0.2, -0.15) is 0 Å². The van der Waals surface area contributed by atoms with Gasteiger partial charge < -0.3 is 14.8 Å². The van der Waals surface area contributed by atoms with E-state index >= 15 is 0 Å². The Morgan fingerprint density at radius 3 is 2.58 bits per heavy atom. The quantitative estimate of drug-likeness (QED) is 0.740. The molecule has 1 aliphatic carbocycles. The molecule has 1 fully saturated rings. The number of benzene rings is 2. The average molecular weight is 353 g/mol. The summed E-state index contributed by atoms with van der Waals surface area (Å²) in [5.74, 6) is 1.14. The van der Waals surface area contributed by atoms with Crippen molar-refractivity contribution in [1.29, 1.82) is 0 Å². The van der Waals surface area contributed by atoms with Crippen LogP contribution in [0.3, 0.4) is 0 Å². The van der Waals surface area contributed by atoms with Gasteiger partial charge in [0.25, 0.3) is 0 Å². The van der Waals surface area contributed by atoms with Gasteiger partial charge in [0.2, 0.25) is 12.7 Å². The van der Waals surface area contributed by atoms with Crippen molar-refractivity contribution in [3.8, 4) is 11.5 Å². The molecule has 4 rings (SSSR count). The van der Waals surface area contributed by atoms with E-state index in [0.29, 0.717) is 17.2 Å². The van der Waals surface area contributed by atoms with Crippen LogP contribution in [-0.2, 0) is 4.79 Å². The summed E-state index contributed by atoms with van der Waals surface area (Å²) in [5, 5.41) is 2.64. The number of rotatable bonds is 3. The van der Waals surface area contributed by atoms with E-state index in [-0.39, 0.29) is 24.5 Å². The molecule has 1 saturated carbocycles. The molecule has 0 unspecified atom stereocenters. The topological polar surface area (TPSA) is 88.7 Å². The van der Waals surface area contributed by atoms with E-state index in [4.69, 9.17) is 9.47 Å². The average Bonchev–Trinajstić information content (AvgIpc) is 3.30. The zero-order valence-corrected chi connectivity index (χ0v) is 14.2. The van der Waals surface area contributed by atoms with Gasteiger partial charge in [-0.15, -0.1) is 0 Å². The minimum Gasteiger partial charge on any atom is -0.454 e. The van der Waals surface area contributed by atoms with Gasteiger partial charge in [0.15, 0.2) is 11.5 Å². The molecule has 0 bridgehead atoms. The third-order valence-corrected chi connectivity index (χ3v) is 4.56. The molecule has 0 radical (unpaired) electrons. The SMILES string of the molecule is Cc1ccc([C@@H]2C[C@@H]2C(=O)NNC(=O)Nc2ccc3c(c2)OCO3)cc1. The highest BCUT2D eigenvalue weighted by Crippen LogP contribution is 2.47. The van der Waals surface area contributed by atoms with Gasteiger partial charge in [0.05, 0.1) is 0 Å². The first-order valence-electron chi connectivity index (χ1n) is 8.43. The zero-order valence-electron chi connectivity index (χ0n) is 14.2. The van der Waals surface area contributed by atoms with Gasteiger partial charge in [-0.1, -0.05) is 29.8 Å². The summed E-state index contributed by atoms with van der Waals surface area (Å²) < 4.78 is 10.5. The molecule has 0 spiro atoms. The number of ether oxygens (including phenoxy) is 2. The van der Waals surface area contributed by atoms with Crippen molar-refractivity contribution in [1.82, 2.24) is 10.9 Å². The van der Waals surface area contributed by atoms with Crippen LogP contribution in [0.4, 0.5) is 10.5 Å². The summed E-state index contributed by atoms with van der Waals surface area (Å²) in [6.07, 6.45) is 0.792. The lowest BCUT2D eigenvalue weighted by molar-refractivity contribution is -0.123. The summed E-state index contributed by atoms with van der Waals surface area (Å²) in [6.45, 7) is 2.20. The molecule has 134 valence electrons. The molecule has 1 aliphatic heterocycles. The maximum Gasteiger partial charge on any atom is 0.337 e. The number of hydrazine groups is 1. The molecular formula is C19H19N3O4. The van der Waals surface area contributed by atoms with Gasteiger partial charge in [-0.3, -0.25) is 10.2 Å². The minimum atomic E-state index is -0.523. The Bertz CT molecular complexity index is 850. The Balaban J connectivity index is 1.26. The highest BCUT2D eigenvalue weighted by Gasteiger charge is 2.44. The molecule has 2 aliphatic rings. The predicted octanol–water partition coefficient (Wildman–Crippen LogP) is 2.68. The van der Waals surface area contributed by atoms with Crippen LogP contribution in [0, 0.1) is 12.8 Å². The highest BCUT2D eigenvalue weighted by atomic mass is 16.7. The van der Waals surface area contributed by atoms with Crippen LogP contribution < -0.4 is 25.6 Å². The van der Waals surface area contributed by atoms with Crippen LogP contribution in [0.25, 0.3) is 0 Å². The summed E-state index contributed by atoms with van der Waals surface area (Å²) in [6, 6.07) is 12.7. The number of hydrogen-bond acceptors (Lipinski definition) is 4. The monoisotopic (exact) mass is 353 g/mol. The van der Waals surface area contributed by atoms with E-state index in [1.54, 1.807) is 18.2 Å². The second kappa shape index (κ2) is 6.59. The van der Waals surface area contributed by atoms with Crippen LogP contribution >= 0.6 is 0 Å². The maximum atomic E-state index is 12.2. The van der Waals surface area contributed by atoms with Crippen molar-refractivity contribution in [2.24, 2.45) is 5.92 Å². The number of anilines is 1. The van der Waals surface area contributed by atoms with E-state index in [9.17, 15) is 9.59 Å². The van der Waals surface area contributed by atoms with Gasteiger partial charge in [0.1, 0.15) is 0 Å². The van der Waals surface area contributed by atoms with Crippen molar-refractivity contribution in [2.45, 2.75) is 19.3 Å². The zero-order chi connectivity index (χ0) is 18.1. The molecule has 3 amide bonds. The number of hydrogen-bond donors (Lipinski definition) is 3. The number of carbonyl (C=O) groups excluding carboxylic acids is 2. The molecule has 26 heavy (non-hydrogen) atoms. The van der Waals surface area contributed by atoms with Crippen molar-refractivity contribution >= 4 is 17.6 Å². The molecule has 2 aromatic rings.